The Labute approximate surface area is 168 Å². The lowest BCUT2D eigenvalue weighted by atomic mass is 10.2. The predicted octanol–water partition coefficient (Wildman–Crippen LogP) is 4.21. The van der Waals surface area contributed by atoms with E-state index < -0.39 is 5.91 Å². The van der Waals surface area contributed by atoms with Gasteiger partial charge in [0.05, 0.1) is 23.4 Å². The molecule has 0 aliphatic heterocycles. The Morgan fingerprint density at radius 1 is 1.15 bits per heavy atom. The van der Waals surface area contributed by atoms with Crippen LogP contribution in [0, 0.1) is 0 Å². The molecular weight excluding hydrogens is 386 g/mol. The van der Waals surface area contributed by atoms with Gasteiger partial charge in [-0.2, -0.15) is 0 Å². The van der Waals surface area contributed by atoms with E-state index in [4.69, 9.17) is 28.6 Å². The monoisotopic (exact) mass is 405 g/mol. The minimum atomic E-state index is -0.409. The summed E-state index contributed by atoms with van der Waals surface area (Å²) in [6, 6.07) is 11.8. The van der Waals surface area contributed by atoms with Gasteiger partial charge >= 0.3 is 0 Å². The van der Waals surface area contributed by atoms with Gasteiger partial charge in [0.2, 0.25) is 5.91 Å². The van der Waals surface area contributed by atoms with Gasteiger partial charge in [0.25, 0.3) is 5.91 Å². The van der Waals surface area contributed by atoms with Crippen LogP contribution in [0.1, 0.15) is 30.1 Å². The molecule has 0 heterocycles. The summed E-state index contributed by atoms with van der Waals surface area (Å²) >= 11 is 11.4. The third kappa shape index (κ3) is 5.94. The van der Waals surface area contributed by atoms with E-state index in [1.165, 1.54) is 7.11 Å². The summed E-state index contributed by atoms with van der Waals surface area (Å²) in [7, 11) is 1.49. The van der Waals surface area contributed by atoms with Crippen molar-refractivity contribution in [3.05, 3.63) is 53.1 Å². The van der Waals surface area contributed by atoms with Gasteiger partial charge in [-0.1, -0.05) is 30.7 Å². The third-order valence-corrected chi connectivity index (χ3v) is 4.09. The summed E-state index contributed by atoms with van der Waals surface area (Å²) in [5.41, 5.74) is 1.41. The summed E-state index contributed by atoms with van der Waals surface area (Å²) in [5, 5.41) is 8.71. The predicted molar refractivity (Wildman–Crippen MR) is 112 cm³/mol. The number of ether oxygens (including phenoxy) is 1. The van der Waals surface area contributed by atoms with Crippen LogP contribution in [0.5, 0.6) is 5.75 Å². The standard InChI is InChI=1S/C19H20ClN3O3S/c1-3-6-17(24)21-12-9-10-14(20)15(11-12)22-19(27)23-18(25)13-7-4-5-8-16(13)26-2/h4-5,7-11H,3,6H2,1-2H3,(H,21,24)(H2,22,23,25,27). The Balaban J connectivity index is 2.06. The summed E-state index contributed by atoms with van der Waals surface area (Å²) in [5.74, 6) is -0.0530. The lowest BCUT2D eigenvalue weighted by molar-refractivity contribution is -0.116. The molecule has 0 unspecified atom stereocenters. The third-order valence-electron chi connectivity index (χ3n) is 3.55. The van der Waals surface area contributed by atoms with Gasteiger partial charge in [-0.15, -0.1) is 0 Å². The van der Waals surface area contributed by atoms with E-state index in [1.807, 2.05) is 6.92 Å². The van der Waals surface area contributed by atoms with Crippen molar-refractivity contribution in [2.45, 2.75) is 19.8 Å². The van der Waals surface area contributed by atoms with Crippen LogP contribution in [0.25, 0.3) is 0 Å². The second-order valence-electron chi connectivity index (χ2n) is 5.60. The van der Waals surface area contributed by atoms with E-state index in [0.29, 0.717) is 34.1 Å². The molecule has 0 radical (unpaired) electrons. The largest absolute Gasteiger partial charge is 0.496 e. The molecule has 0 atom stereocenters. The van der Waals surface area contributed by atoms with Crippen LogP contribution in [0.4, 0.5) is 11.4 Å². The van der Waals surface area contributed by atoms with Crippen LogP contribution < -0.4 is 20.7 Å². The van der Waals surface area contributed by atoms with Gasteiger partial charge in [-0.3, -0.25) is 14.9 Å². The first-order chi connectivity index (χ1) is 12.9. The Kier molecular flexibility index (Phi) is 7.57. The van der Waals surface area contributed by atoms with Crippen molar-refractivity contribution in [1.29, 1.82) is 0 Å². The molecule has 0 aromatic heterocycles. The number of nitrogens with one attached hydrogen (secondary N) is 3. The van der Waals surface area contributed by atoms with E-state index in [9.17, 15) is 9.59 Å². The Morgan fingerprint density at radius 2 is 1.89 bits per heavy atom. The number of anilines is 2. The van der Waals surface area contributed by atoms with Gasteiger partial charge < -0.3 is 15.4 Å². The van der Waals surface area contributed by atoms with E-state index >= 15 is 0 Å². The molecule has 2 rings (SSSR count). The van der Waals surface area contributed by atoms with Crippen molar-refractivity contribution in [3.8, 4) is 5.75 Å². The number of carbonyl (C=O) groups excluding carboxylic acids is 2. The Hall–Kier alpha value is -2.64. The highest BCUT2D eigenvalue weighted by atomic mass is 35.5. The lowest BCUT2D eigenvalue weighted by Gasteiger charge is -2.14. The molecule has 6 nitrogen and oxygen atoms in total. The van der Waals surface area contributed by atoms with Crippen LogP contribution in [-0.4, -0.2) is 24.0 Å². The molecule has 0 aliphatic carbocycles. The highest BCUT2D eigenvalue weighted by Gasteiger charge is 2.14. The topological polar surface area (TPSA) is 79.5 Å². The van der Waals surface area contributed by atoms with Crippen molar-refractivity contribution in [3.63, 3.8) is 0 Å². The van der Waals surface area contributed by atoms with Gasteiger partial charge in [-0.05, 0) is 49.0 Å². The number of hydrogen-bond acceptors (Lipinski definition) is 4. The number of carbonyl (C=O) groups is 2. The number of benzene rings is 2. The maximum absolute atomic E-state index is 12.4. The van der Waals surface area contributed by atoms with Crippen molar-refractivity contribution < 1.29 is 14.3 Å². The molecule has 0 aliphatic rings. The fourth-order valence-corrected chi connectivity index (χ4v) is 2.67. The highest BCUT2D eigenvalue weighted by Crippen LogP contribution is 2.26. The number of para-hydroxylation sites is 1. The van der Waals surface area contributed by atoms with Crippen LogP contribution in [0.2, 0.25) is 5.02 Å². The minimum absolute atomic E-state index is 0.0739. The zero-order valence-electron chi connectivity index (χ0n) is 15.0. The van der Waals surface area contributed by atoms with Crippen molar-refractivity contribution >= 4 is 52.1 Å². The Bertz CT molecular complexity index is 858. The fraction of sp³-hybridized carbons (Fsp3) is 0.211. The molecule has 27 heavy (non-hydrogen) atoms. The summed E-state index contributed by atoms with van der Waals surface area (Å²) < 4.78 is 5.17. The molecule has 0 bridgehead atoms. The molecule has 0 fully saturated rings. The average molecular weight is 406 g/mol. The number of thiocarbonyl (C=S) groups is 1. The molecular formula is C19H20ClN3O3S. The van der Waals surface area contributed by atoms with Crippen LogP contribution in [-0.2, 0) is 4.79 Å². The summed E-state index contributed by atoms with van der Waals surface area (Å²) in [4.78, 5) is 24.1. The van der Waals surface area contributed by atoms with Gasteiger partial charge in [-0.25, -0.2) is 0 Å². The first-order valence-electron chi connectivity index (χ1n) is 8.29. The number of methoxy groups -OCH3 is 1. The van der Waals surface area contributed by atoms with Crippen molar-refractivity contribution in [1.82, 2.24) is 5.32 Å². The number of rotatable bonds is 6. The minimum Gasteiger partial charge on any atom is -0.496 e. The quantitative estimate of drug-likeness (QED) is 0.627. The van der Waals surface area contributed by atoms with Crippen LogP contribution in [0.3, 0.4) is 0 Å². The molecule has 2 aromatic carbocycles. The molecule has 2 aromatic rings. The van der Waals surface area contributed by atoms with Crippen LogP contribution in [0.15, 0.2) is 42.5 Å². The van der Waals surface area contributed by atoms with E-state index in [0.717, 1.165) is 6.42 Å². The molecule has 0 saturated heterocycles. The highest BCUT2D eigenvalue weighted by molar-refractivity contribution is 7.80. The van der Waals surface area contributed by atoms with E-state index in [1.54, 1.807) is 42.5 Å². The zero-order valence-corrected chi connectivity index (χ0v) is 16.5. The average Bonchev–Trinajstić information content (AvgIpc) is 2.64. The molecule has 8 heteroatoms. The SMILES string of the molecule is CCCC(=O)Nc1ccc(Cl)c(NC(=S)NC(=O)c2ccccc2OC)c1. The van der Waals surface area contributed by atoms with Gasteiger partial charge in [0, 0.05) is 12.1 Å². The zero-order chi connectivity index (χ0) is 19.8. The molecule has 142 valence electrons. The Morgan fingerprint density at radius 3 is 2.59 bits per heavy atom. The van der Waals surface area contributed by atoms with Crippen LogP contribution >= 0.6 is 23.8 Å². The maximum atomic E-state index is 12.4. The number of amides is 2. The van der Waals surface area contributed by atoms with Crippen molar-refractivity contribution in [2.75, 3.05) is 17.7 Å². The van der Waals surface area contributed by atoms with E-state index in [-0.39, 0.29) is 11.0 Å². The molecule has 0 spiro atoms. The summed E-state index contributed by atoms with van der Waals surface area (Å²) in [6.07, 6.45) is 1.18. The van der Waals surface area contributed by atoms with Gasteiger partial charge in [0.15, 0.2) is 5.11 Å². The lowest BCUT2D eigenvalue weighted by Crippen LogP contribution is -2.34. The normalized spacial score (nSPS) is 10.0. The first-order valence-corrected chi connectivity index (χ1v) is 9.08. The maximum Gasteiger partial charge on any atom is 0.261 e. The fourth-order valence-electron chi connectivity index (χ4n) is 2.31. The van der Waals surface area contributed by atoms with E-state index in [2.05, 4.69) is 16.0 Å². The number of halogens is 1. The molecule has 2 amide bonds. The summed E-state index contributed by atoms with van der Waals surface area (Å²) in [6.45, 7) is 1.93. The smallest absolute Gasteiger partial charge is 0.261 e. The van der Waals surface area contributed by atoms with Crippen molar-refractivity contribution in [2.24, 2.45) is 0 Å². The number of hydrogen-bond donors (Lipinski definition) is 3. The second-order valence-corrected chi connectivity index (χ2v) is 6.42. The van der Waals surface area contributed by atoms with Gasteiger partial charge in [0.1, 0.15) is 5.75 Å². The second kappa shape index (κ2) is 9.89. The molecule has 0 saturated carbocycles. The first kappa shape index (κ1) is 20.7. The molecule has 3 N–H and O–H groups in total.